The van der Waals surface area contributed by atoms with Crippen LogP contribution in [0.5, 0.6) is 11.5 Å². The van der Waals surface area contributed by atoms with E-state index >= 15 is 0 Å². The van der Waals surface area contributed by atoms with E-state index in [4.69, 9.17) is 20.8 Å². The number of ether oxygens (including phenoxy) is 1. The maximum atomic E-state index is 11.1. The molecule has 0 spiro atoms. The highest BCUT2D eigenvalue weighted by atomic mass is 16.5. The van der Waals surface area contributed by atoms with Gasteiger partial charge in [-0.3, -0.25) is 0 Å². The summed E-state index contributed by atoms with van der Waals surface area (Å²) in [6.07, 6.45) is 0. The molecule has 0 bridgehead atoms. The van der Waals surface area contributed by atoms with Gasteiger partial charge in [0.2, 0.25) is 0 Å². The average Bonchev–Trinajstić information content (AvgIpc) is 2.43. The van der Waals surface area contributed by atoms with Crippen LogP contribution in [0, 0.1) is 18.3 Å². The Kier molecular flexibility index (Phi) is 3.58. The van der Waals surface area contributed by atoms with Crippen molar-refractivity contribution in [2.45, 2.75) is 6.92 Å². The molecular formula is C15H12N2O3. The predicted octanol–water partition coefficient (Wildman–Crippen LogP) is 2.94. The van der Waals surface area contributed by atoms with Crippen LogP contribution in [0.15, 0.2) is 36.4 Å². The molecular weight excluding hydrogens is 256 g/mol. The van der Waals surface area contributed by atoms with E-state index in [1.54, 1.807) is 37.3 Å². The first-order valence-corrected chi connectivity index (χ1v) is 5.82. The molecule has 0 aliphatic carbocycles. The minimum Gasteiger partial charge on any atom is -0.478 e. The second-order valence-electron chi connectivity index (χ2n) is 4.24. The van der Waals surface area contributed by atoms with E-state index in [2.05, 4.69) is 0 Å². The van der Waals surface area contributed by atoms with Gasteiger partial charge < -0.3 is 15.6 Å². The lowest BCUT2D eigenvalue weighted by Gasteiger charge is -2.10. The molecule has 5 heteroatoms. The summed E-state index contributed by atoms with van der Waals surface area (Å²) in [5, 5.41) is 17.8. The molecule has 0 aliphatic rings. The Labute approximate surface area is 115 Å². The highest BCUT2D eigenvalue weighted by Gasteiger charge is 2.12. The number of rotatable bonds is 3. The van der Waals surface area contributed by atoms with E-state index in [0.717, 1.165) is 0 Å². The van der Waals surface area contributed by atoms with Gasteiger partial charge >= 0.3 is 5.97 Å². The van der Waals surface area contributed by atoms with Crippen LogP contribution in [0.25, 0.3) is 0 Å². The van der Waals surface area contributed by atoms with Gasteiger partial charge in [-0.1, -0.05) is 0 Å². The quantitative estimate of drug-likeness (QED) is 0.834. The van der Waals surface area contributed by atoms with Gasteiger partial charge in [0.15, 0.2) is 0 Å². The third-order valence-corrected chi connectivity index (χ3v) is 2.81. The molecule has 0 aliphatic heterocycles. The molecule has 5 nitrogen and oxygen atoms in total. The summed E-state index contributed by atoms with van der Waals surface area (Å²) >= 11 is 0. The number of nitrogens with zero attached hydrogens (tertiary/aromatic N) is 1. The summed E-state index contributed by atoms with van der Waals surface area (Å²) < 4.78 is 5.58. The maximum Gasteiger partial charge on any atom is 0.337 e. The van der Waals surface area contributed by atoms with Crippen LogP contribution in [-0.4, -0.2) is 11.1 Å². The third kappa shape index (κ3) is 2.70. The van der Waals surface area contributed by atoms with Crippen molar-refractivity contribution in [3.63, 3.8) is 0 Å². The van der Waals surface area contributed by atoms with Crippen molar-refractivity contribution in [2.75, 3.05) is 5.73 Å². The molecule has 2 aromatic carbocycles. The largest absolute Gasteiger partial charge is 0.478 e. The standard InChI is InChI=1S/C15H12N2O3/c1-9-6-12(7-13(14(9)17)15(18)19)20-11-4-2-10(8-16)3-5-11/h2-7H,17H2,1H3,(H,18,19). The van der Waals surface area contributed by atoms with Crippen LogP contribution < -0.4 is 10.5 Å². The van der Waals surface area contributed by atoms with Crippen molar-refractivity contribution in [3.8, 4) is 17.6 Å². The SMILES string of the molecule is Cc1cc(Oc2ccc(C#N)cc2)cc(C(=O)O)c1N. The number of anilines is 1. The van der Waals surface area contributed by atoms with Crippen molar-refractivity contribution in [3.05, 3.63) is 53.1 Å². The molecule has 20 heavy (non-hydrogen) atoms. The van der Waals surface area contributed by atoms with Gasteiger partial charge in [-0.25, -0.2) is 4.79 Å². The summed E-state index contributed by atoms with van der Waals surface area (Å²) in [6, 6.07) is 11.6. The Hall–Kier alpha value is -3.00. The molecule has 0 aromatic heterocycles. The number of nitriles is 1. The lowest BCUT2D eigenvalue weighted by Crippen LogP contribution is -2.04. The van der Waals surface area contributed by atoms with Gasteiger partial charge in [-0.15, -0.1) is 0 Å². The first-order chi connectivity index (χ1) is 9.51. The molecule has 2 aromatic rings. The summed E-state index contributed by atoms with van der Waals surface area (Å²) in [5.41, 5.74) is 7.10. The first-order valence-electron chi connectivity index (χ1n) is 5.82. The smallest absolute Gasteiger partial charge is 0.337 e. The number of aryl methyl sites for hydroxylation is 1. The van der Waals surface area contributed by atoms with Crippen LogP contribution in [0.1, 0.15) is 21.5 Å². The monoisotopic (exact) mass is 268 g/mol. The first kappa shape index (κ1) is 13.4. The Morgan fingerprint density at radius 2 is 1.90 bits per heavy atom. The van der Waals surface area contributed by atoms with E-state index in [1.807, 2.05) is 6.07 Å². The molecule has 0 radical (unpaired) electrons. The minimum atomic E-state index is -1.10. The van der Waals surface area contributed by atoms with Crippen LogP contribution in [0.2, 0.25) is 0 Å². The number of aromatic carboxylic acids is 1. The summed E-state index contributed by atoms with van der Waals surface area (Å²) in [4.78, 5) is 11.1. The Morgan fingerprint density at radius 3 is 2.45 bits per heavy atom. The fourth-order valence-electron chi connectivity index (χ4n) is 1.73. The van der Waals surface area contributed by atoms with E-state index in [1.165, 1.54) is 6.07 Å². The fourth-order valence-corrected chi connectivity index (χ4v) is 1.73. The second-order valence-corrected chi connectivity index (χ2v) is 4.24. The van der Waals surface area contributed by atoms with Crippen molar-refractivity contribution >= 4 is 11.7 Å². The van der Waals surface area contributed by atoms with Crippen molar-refractivity contribution in [1.82, 2.24) is 0 Å². The second kappa shape index (κ2) is 5.33. The number of benzene rings is 2. The van der Waals surface area contributed by atoms with Crippen molar-refractivity contribution in [1.29, 1.82) is 5.26 Å². The highest BCUT2D eigenvalue weighted by molar-refractivity contribution is 5.95. The maximum absolute atomic E-state index is 11.1. The molecule has 0 fully saturated rings. The molecule has 2 rings (SSSR count). The van der Waals surface area contributed by atoms with Crippen molar-refractivity contribution in [2.24, 2.45) is 0 Å². The number of carboxylic acid groups (broad SMARTS) is 1. The van der Waals surface area contributed by atoms with E-state index in [9.17, 15) is 4.79 Å². The minimum absolute atomic E-state index is 0.00800. The Morgan fingerprint density at radius 1 is 1.25 bits per heavy atom. The predicted molar refractivity (Wildman–Crippen MR) is 73.8 cm³/mol. The van der Waals surface area contributed by atoms with Crippen molar-refractivity contribution < 1.29 is 14.6 Å². The molecule has 0 unspecified atom stereocenters. The molecule has 0 amide bonds. The molecule has 3 N–H and O–H groups in total. The molecule has 0 heterocycles. The lowest BCUT2D eigenvalue weighted by atomic mass is 10.1. The summed E-state index contributed by atoms with van der Waals surface area (Å²) in [6.45, 7) is 1.72. The van der Waals surface area contributed by atoms with Gasteiger partial charge in [0.1, 0.15) is 11.5 Å². The molecule has 0 atom stereocenters. The highest BCUT2D eigenvalue weighted by Crippen LogP contribution is 2.28. The fraction of sp³-hybridized carbons (Fsp3) is 0.0667. The number of nitrogen functional groups attached to an aromatic ring is 1. The average molecular weight is 268 g/mol. The Bertz CT molecular complexity index is 700. The lowest BCUT2D eigenvalue weighted by molar-refractivity contribution is 0.0697. The van der Waals surface area contributed by atoms with Crippen LogP contribution in [-0.2, 0) is 0 Å². The van der Waals surface area contributed by atoms with Gasteiger partial charge in [-0.05, 0) is 48.9 Å². The van der Waals surface area contributed by atoms with Crippen LogP contribution in [0.3, 0.4) is 0 Å². The zero-order chi connectivity index (χ0) is 14.7. The molecule has 0 saturated carbocycles. The Balaban J connectivity index is 2.34. The van der Waals surface area contributed by atoms with Gasteiger partial charge in [-0.2, -0.15) is 5.26 Å². The van der Waals surface area contributed by atoms with Gasteiger partial charge in [0, 0.05) is 5.69 Å². The number of hydrogen-bond donors (Lipinski definition) is 2. The summed E-state index contributed by atoms with van der Waals surface area (Å²) in [5.74, 6) is -0.195. The number of carboxylic acids is 1. The molecule has 0 saturated heterocycles. The normalized spacial score (nSPS) is 9.80. The number of nitrogens with two attached hydrogens (primary N) is 1. The summed E-state index contributed by atoms with van der Waals surface area (Å²) in [7, 11) is 0. The number of carbonyl (C=O) groups is 1. The zero-order valence-electron chi connectivity index (χ0n) is 10.8. The zero-order valence-corrected chi connectivity index (χ0v) is 10.8. The molecule has 100 valence electrons. The van der Waals surface area contributed by atoms with Crippen LogP contribution >= 0.6 is 0 Å². The van der Waals surface area contributed by atoms with Gasteiger partial charge in [0.25, 0.3) is 0 Å². The van der Waals surface area contributed by atoms with E-state index in [-0.39, 0.29) is 11.3 Å². The van der Waals surface area contributed by atoms with Crippen LogP contribution in [0.4, 0.5) is 5.69 Å². The van der Waals surface area contributed by atoms with E-state index in [0.29, 0.717) is 22.6 Å². The third-order valence-electron chi connectivity index (χ3n) is 2.81. The van der Waals surface area contributed by atoms with E-state index < -0.39 is 5.97 Å². The number of hydrogen-bond acceptors (Lipinski definition) is 4. The van der Waals surface area contributed by atoms with Gasteiger partial charge in [0.05, 0.1) is 17.2 Å². The topological polar surface area (TPSA) is 96.3 Å².